The number of hydrogen-bond acceptors (Lipinski definition) is 6. The second-order valence-electron chi connectivity index (χ2n) is 7.89. The molecular formula is C25H23ClN4O3S. The number of halogens is 1. The fourth-order valence-electron chi connectivity index (χ4n) is 3.38. The highest BCUT2D eigenvalue weighted by molar-refractivity contribution is 7.92. The van der Waals surface area contributed by atoms with Crippen LogP contribution in [-0.2, 0) is 10.0 Å². The molecule has 0 amide bonds. The predicted molar refractivity (Wildman–Crippen MR) is 135 cm³/mol. The third-order valence-electron chi connectivity index (χ3n) is 4.99. The number of benzene rings is 3. The number of rotatable bonds is 7. The van der Waals surface area contributed by atoms with Crippen LogP contribution < -0.4 is 15.2 Å². The number of sulfonamides is 1. The molecule has 34 heavy (non-hydrogen) atoms. The third kappa shape index (κ3) is 5.47. The van der Waals surface area contributed by atoms with E-state index in [-0.39, 0.29) is 22.6 Å². The van der Waals surface area contributed by atoms with E-state index in [0.717, 1.165) is 11.1 Å². The van der Waals surface area contributed by atoms with E-state index in [1.807, 2.05) is 24.3 Å². The average molecular weight is 495 g/mol. The first-order chi connectivity index (χ1) is 16.2. The molecule has 4 aromatic rings. The fraction of sp³-hybridized carbons (Fsp3) is 0.120. The van der Waals surface area contributed by atoms with Crippen LogP contribution in [0.25, 0.3) is 11.3 Å². The maximum absolute atomic E-state index is 13.0. The van der Waals surface area contributed by atoms with Gasteiger partial charge < -0.3 is 10.5 Å². The highest BCUT2D eigenvalue weighted by atomic mass is 35.5. The normalized spacial score (nSPS) is 11.4. The Morgan fingerprint density at radius 1 is 0.941 bits per heavy atom. The van der Waals surface area contributed by atoms with Gasteiger partial charge in [0.1, 0.15) is 5.75 Å². The van der Waals surface area contributed by atoms with Crippen molar-refractivity contribution < 1.29 is 13.2 Å². The lowest BCUT2D eigenvalue weighted by atomic mass is 9.95. The van der Waals surface area contributed by atoms with Crippen LogP contribution in [0.1, 0.15) is 25.3 Å². The van der Waals surface area contributed by atoms with Gasteiger partial charge in [-0.2, -0.15) is 4.98 Å². The summed E-state index contributed by atoms with van der Waals surface area (Å²) in [5.74, 6) is 0.772. The Morgan fingerprint density at radius 2 is 1.68 bits per heavy atom. The molecule has 3 aromatic carbocycles. The second-order valence-corrected chi connectivity index (χ2v) is 10.0. The molecule has 7 nitrogen and oxygen atoms in total. The summed E-state index contributed by atoms with van der Waals surface area (Å²) in [5.41, 5.74) is 8.52. The first kappa shape index (κ1) is 23.5. The van der Waals surface area contributed by atoms with Crippen LogP contribution in [0.5, 0.6) is 11.6 Å². The Morgan fingerprint density at radius 3 is 2.38 bits per heavy atom. The van der Waals surface area contributed by atoms with Crippen LogP contribution in [0.3, 0.4) is 0 Å². The highest BCUT2D eigenvalue weighted by Crippen LogP contribution is 2.32. The van der Waals surface area contributed by atoms with Gasteiger partial charge in [0.2, 0.25) is 11.8 Å². The number of nitrogens with one attached hydrogen (secondary N) is 1. The van der Waals surface area contributed by atoms with Crippen molar-refractivity contribution in [2.24, 2.45) is 0 Å². The van der Waals surface area contributed by atoms with Crippen molar-refractivity contribution in [1.29, 1.82) is 0 Å². The zero-order chi connectivity index (χ0) is 24.3. The molecule has 0 spiro atoms. The molecule has 4 rings (SSSR count). The lowest BCUT2D eigenvalue weighted by Gasteiger charge is -2.15. The van der Waals surface area contributed by atoms with Crippen LogP contribution in [0.15, 0.2) is 83.8 Å². The van der Waals surface area contributed by atoms with Crippen molar-refractivity contribution >= 4 is 33.3 Å². The molecule has 0 fully saturated rings. The summed E-state index contributed by atoms with van der Waals surface area (Å²) >= 11 is 5.97. The molecule has 1 heterocycles. The molecule has 9 heteroatoms. The van der Waals surface area contributed by atoms with Gasteiger partial charge in [-0.15, -0.1) is 0 Å². The van der Waals surface area contributed by atoms with Gasteiger partial charge in [-0.25, -0.2) is 18.1 Å². The van der Waals surface area contributed by atoms with Crippen molar-refractivity contribution in [3.63, 3.8) is 0 Å². The minimum absolute atomic E-state index is 0.00394. The molecular weight excluding hydrogens is 472 g/mol. The van der Waals surface area contributed by atoms with E-state index in [0.29, 0.717) is 22.2 Å². The standard InChI is InChI=1S/C25H23ClN4O3S/c1-16(2)21-8-3-4-9-22(21)23-15-24(33-19-12-10-17(26)11-13-19)29-25(28-23)30-34(31,32)20-7-5-6-18(27)14-20/h3-16H,27H2,1-2H3,(H,28,29,30). The van der Waals surface area contributed by atoms with Gasteiger partial charge in [-0.1, -0.05) is 55.8 Å². The average Bonchev–Trinajstić information content (AvgIpc) is 2.80. The van der Waals surface area contributed by atoms with E-state index in [1.54, 1.807) is 42.5 Å². The van der Waals surface area contributed by atoms with Crippen LogP contribution >= 0.6 is 11.6 Å². The maximum Gasteiger partial charge on any atom is 0.264 e. The van der Waals surface area contributed by atoms with E-state index in [1.165, 1.54) is 12.1 Å². The van der Waals surface area contributed by atoms with Crippen molar-refractivity contribution in [2.45, 2.75) is 24.7 Å². The summed E-state index contributed by atoms with van der Waals surface area (Å²) in [7, 11) is -3.98. The number of anilines is 2. The van der Waals surface area contributed by atoms with Gasteiger partial charge >= 0.3 is 0 Å². The van der Waals surface area contributed by atoms with Crippen LogP contribution in [-0.4, -0.2) is 18.4 Å². The Bertz CT molecular complexity index is 1420. The first-order valence-corrected chi connectivity index (χ1v) is 12.4. The van der Waals surface area contributed by atoms with Crippen molar-refractivity contribution in [3.8, 4) is 22.9 Å². The summed E-state index contributed by atoms with van der Waals surface area (Å²) in [6.07, 6.45) is 0. The van der Waals surface area contributed by atoms with E-state index in [4.69, 9.17) is 22.1 Å². The van der Waals surface area contributed by atoms with E-state index >= 15 is 0 Å². The molecule has 0 aliphatic rings. The summed E-state index contributed by atoms with van der Waals surface area (Å²) in [6, 6.07) is 22.2. The number of hydrogen-bond donors (Lipinski definition) is 2. The Labute approximate surface area is 203 Å². The number of nitrogen functional groups attached to an aromatic ring is 1. The highest BCUT2D eigenvalue weighted by Gasteiger charge is 2.19. The van der Waals surface area contributed by atoms with Crippen molar-refractivity contribution in [1.82, 2.24) is 9.97 Å². The van der Waals surface area contributed by atoms with Crippen LogP contribution in [0.2, 0.25) is 5.02 Å². The van der Waals surface area contributed by atoms with Gasteiger partial charge in [-0.3, -0.25) is 0 Å². The summed E-state index contributed by atoms with van der Waals surface area (Å²) in [6.45, 7) is 4.16. The summed E-state index contributed by atoms with van der Waals surface area (Å²) < 4.78 is 34.3. The number of nitrogens with two attached hydrogens (primary N) is 1. The van der Waals surface area contributed by atoms with Crippen LogP contribution in [0, 0.1) is 0 Å². The zero-order valence-electron chi connectivity index (χ0n) is 18.6. The fourth-order valence-corrected chi connectivity index (χ4v) is 4.50. The molecule has 0 aliphatic heterocycles. The smallest absolute Gasteiger partial charge is 0.264 e. The van der Waals surface area contributed by atoms with E-state index in [2.05, 4.69) is 28.5 Å². The Kier molecular flexibility index (Phi) is 6.72. The molecule has 1 aromatic heterocycles. The minimum Gasteiger partial charge on any atom is -0.439 e. The second kappa shape index (κ2) is 9.70. The van der Waals surface area contributed by atoms with Gasteiger partial charge in [0.25, 0.3) is 10.0 Å². The number of nitrogens with zero attached hydrogens (tertiary/aromatic N) is 2. The van der Waals surface area contributed by atoms with Crippen LogP contribution in [0.4, 0.5) is 11.6 Å². The molecule has 0 aliphatic carbocycles. The number of aromatic nitrogens is 2. The monoisotopic (exact) mass is 494 g/mol. The third-order valence-corrected chi connectivity index (χ3v) is 6.57. The predicted octanol–water partition coefficient (Wildman–Crippen LogP) is 6.10. The molecule has 3 N–H and O–H groups in total. The van der Waals surface area contributed by atoms with Crippen molar-refractivity contribution in [3.05, 3.63) is 89.4 Å². The number of ether oxygens (including phenoxy) is 1. The lowest BCUT2D eigenvalue weighted by Crippen LogP contribution is -2.16. The molecule has 0 radical (unpaired) electrons. The summed E-state index contributed by atoms with van der Waals surface area (Å²) in [5, 5.41) is 0.567. The molecule has 0 unspecified atom stereocenters. The van der Waals surface area contributed by atoms with Gasteiger partial charge in [0, 0.05) is 22.3 Å². The lowest BCUT2D eigenvalue weighted by molar-refractivity contribution is 0.463. The summed E-state index contributed by atoms with van der Waals surface area (Å²) in [4.78, 5) is 8.80. The minimum atomic E-state index is -3.98. The Balaban J connectivity index is 1.79. The SMILES string of the molecule is CC(C)c1ccccc1-c1cc(Oc2ccc(Cl)cc2)nc(NS(=O)(=O)c2cccc(N)c2)n1. The molecule has 174 valence electrons. The Hall–Kier alpha value is -3.62. The van der Waals surface area contributed by atoms with Gasteiger partial charge in [0.15, 0.2) is 0 Å². The van der Waals surface area contributed by atoms with E-state index < -0.39 is 10.0 Å². The quantitative estimate of drug-likeness (QED) is 0.301. The van der Waals surface area contributed by atoms with E-state index in [9.17, 15) is 8.42 Å². The maximum atomic E-state index is 13.0. The van der Waals surface area contributed by atoms with Gasteiger partial charge in [-0.05, 0) is 53.9 Å². The molecule has 0 bridgehead atoms. The zero-order valence-corrected chi connectivity index (χ0v) is 20.1. The molecule has 0 saturated carbocycles. The van der Waals surface area contributed by atoms with Gasteiger partial charge in [0.05, 0.1) is 10.6 Å². The topological polar surface area (TPSA) is 107 Å². The molecule has 0 atom stereocenters. The largest absolute Gasteiger partial charge is 0.439 e. The van der Waals surface area contributed by atoms with Crippen molar-refractivity contribution in [2.75, 3.05) is 10.5 Å². The first-order valence-electron chi connectivity index (χ1n) is 10.5. The molecule has 0 saturated heterocycles.